The monoisotopic (exact) mass is 298 g/mol. The number of nitrogens with two attached hydrogens (primary N) is 1. The number of nitrogens with one attached hydrogen (secondary N) is 1. The standard InChI is InChI=1S/C14H22N4O.ClH/c1-11-4-5-13(16-9-11)17-14(19)12-3-2-7-18(10-12)8-6-15;/h4-5,9,12H,2-3,6-8,10,15H2,1H3,(H,16,17,19);1H. The summed E-state index contributed by atoms with van der Waals surface area (Å²) in [4.78, 5) is 18.7. The minimum Gasteiger partial charge on any atom is -0.329 e. The van der Waals surface area contributed by atoms with E-state index in [9.17, 15) is 4.79 Å². The average Bonchev–Trinajstić information content (AvgIpc) is 2.42. The molecule has 1 aromatic rings. The van der Waals surface area contributed by atoms with Gasteiger partial charge < -0.3 is 16.0 Å². The topological polar surface area (TPSA) is 71.2 Å². The van der Waals surface area contributed by atoms with Gasteiger partial charge in [-0.05, 0) is 37.9 Å². The van der Waals surface area contributed by atoms with E-state index in [0.29, 0.717) is 12.4 Å². The zero-order valence-electron chi connectivity index (χ0n) is 11.8. The van der Waals surface area contributed by atoms with Crippen molar-refractivity contribution in [2.45, 2.75) is 19.8 Å². The third kappa shape index (κ3) is 4.74. The number of amides is 1. The molecule has 20 heavy (non-hydrogen) atoms. The van der Waals surface area contributed by atoms with Gasteiger partial charge in [0.15, 0.2) is 0 Å². The minimum atomic E-state index is 0. The van der Waals surface area contributed by atoms with Gasteiger partial charge in [-0.2, -0.15) is 0 Å². The first kappa shape index (κ1) is 16.9. The molecule has 0 aromatic carbocycles. The summed E-state index contributed by atoms with van der Waals surface area (Å²) in [5.41, 5.74) is 6.65. The highest BCUT2D eigenvalue weighted by molar-refractivity contribution is 5.91. The van der Waals surface area contributed by atoms with Crippen molar-refractivity contribution >= 4 is 24.1 Å². The summed E-state index contributed by atoms with van der Waals surface area (Å²) < 4.78 is 0. The summed E-state index contributed by atoms with van der Waals surface area (Å²) in [6, 6.07) is 3.79. The highest BCUT2D eigenvalue weighted by Crippen LogP contribution is 2.17. The largest absolute Gasteiger partial charge is 0.329 e. The number of halogens is 1. The van der Waals surface area contributed by atoms with Gasteiger partial charge in [0.05, 0.1) is 5.92 Å². The fraction of sp³-hybridized carbons (Fsp3) is 0.571. The van der Waals surface area contributed by atoms with E-state index in [1.54, 1.807) is 6.20 Å². The van der Waals surface area contributed by atoms with Crippen LogP contribution in [0.1, 0.15) is 18.4 Å². The minimum absolute atomic E-state index is 0. The van der Waals surface area contributed by atoms with Crippen molar-refractivity contribution in [1.29, 1.82) is 0 Å². The Bertz CT molecular complexity index is 422. The highest BCUT2D eigenvalue weighted by Gasteiger charge is 2.25. The number of carbonyl (C=O) groups excluding carboxylic acids is 1. The molecule has 1 aliphatic rings. The van der Waals surface area contributed by atoms with Gasteiger partial charge in [0.25, 0.3) is 0 Å². The molecule has 2 heterocycles. The lowest BCUT2D eigenvalue weighted by Crippen LogP contribution is -2.42. The van der Waals surface area contributed by atoms with Crippen molar-refractivity contribution in [2.75, 3.05) is 31.5 Å². The predicted molar refractivity (Wildman–Crippen MR) is 83.1 cm³/mol. The molecule has 0 saturated carbocycles. The number of nitrogens with zero attached hydrogens (tertiary/aromatic N) is 2. The van der Waals surface area contributed by atoms with Crippen molar-refractivity contribution in [1.82, 2.24) is 9.88 Å². The van der Waals surface area contributed by atoms with E-state index >= 15 is 0 Å². The fourth-order valence-corrected chi connectivity index (χ4v) is 2.43. The third-order valence-corrected chi connectivity index (χ3v) is 3.48. The summed E-state index contributed by atoms with van der Waals surface area (Å²) in [5.74, 6) is 0.744. The Balaban J connectivity index is 0.00000200. The van der Waals surface area contributed by atoms with Gasteiger partial charge in [-0.3, -0.25) is 4.79 Å². The van der Waals surface area contributed by atoms with Crippen molar-refractivity contribution in [2.24, 2.45) is 11.7 Å². The van der Waals surface area contributed by atoms with Gasteiger partial charge in [-0.15, -0.1) is 12.4 Å². The van der Waals surface area contributed by atoms with E-state index in [1.165, 1.54) is 0 Å². The molecular formula is C14H23ClN4O. The lowest BCUT2D eigenvalue weighted by atomic mass is 9.97. The van der Waals surface area contributed by atoms with Crippen molar-refractivity contribution in [3.05, 3.63) is 23.9 Å². The van der Waals surface area contributed by atoms with Gasteiger partial charge in [0.1, 0.15) is 5.82 Å². The maximum atomic E-state index is 12.2. The average molecular weight is 299 g/mol. The number of likely N-dealkylation sites (tertiary alicyclic amines) is 1. The number of aryl methyl sites for hydroxylation is 1. The zero-order valence-corrected chi connectivity index (χ0v) is 12.7. The maximum Gasteiger partial charge on any atom is 0.229 e. The van der Waals surface area contributed by atoms with Crippen molar-refractivity contribution in [3.63, 3.8) is 0 Å². The lowest BCUT2D eigenvalue weighted by Gasteiger charge is -2.31. The molecule has 1 fully saturated rings. The molecule has 3 N–H and O–H groups in total. The van der Waals surface area contributed by atoms with Crippen LogP contribution in [-0.2, 0) is 4.79 Å². The molecule has 5 nitrogen and oxygen atoms in total. The first-order valence-corrected chi connectivity index (χ1v) is 6.85. The van der Waals surface area contributed by atoms with Crippen LogP contribution >= 0.6 is 12.4 Å². The van der Waals surface area contributed by atoms with E-state index < -0.39 is 0 Å². The number of rotatable bonds is 4. The molecule has 0 spiro atoms. The summed E-state index contributed by atoms with van der Waals surface area (Å²) >= 11 is 0. The maximum absolute atomic E-state index is 12.2. The van der Waals surface area contributed by atoms with Gasteiger partial charge in [0, 0.05) is 25.8 Å². The van der Waals surface area contributed by atoms with Crippen molar-refractivity contribution < 1.29 is 4.79 Å². The van der Waals surface area contributed by atoms with E-state index in [4.69, 9.17) is 5.73 Å². The molecule has 1 amide bonds. The second kappa shape index (κ2) is 8.19. The zero-order chi connectivity index (χ0) is 13.7. The van der Waals surface area contributed by atoms with Crippen LogP contribution in [0.25, 0.3) is 0 Å². The van der Waals surface area contributed by atoms with Gasteiger partial charge in [0.2, 0.25) is 5.91 Å². The summed E-state index contributed by atoms with van der Waals surface area (Å²) in [7, 11) is 0. The Kier molecular flexibility index (Phi) is 6.91. The number of hydrogen-bond donors (Lipinski definition) is 2. The predicted octanol–water partition coefficient (Wildman–Crippen LogP) is 1.42. The van der Waals surface area contributed by atoms with Crippen LogP contribution in [0, 0.1) is 12.8 Å². The third-order valence-electron chi connectivity index (χ3n) is 3.48. The molecule has 112 valence electrons. The number of carbonyl (C=O) groups is 1. The Morgan fingerprint density at radius 3 is 3.00 bits per heavy atom. The molecule has 1 aromatic heterocycles. The smallest absolute Gasteiger partial charge is 0.229 e. The molecule has 0 bridgehead atoms. The van der Waals surface area contributed by atoms with E-state index in [2.05, 4.69) is 15.2 Å². The quantitative estimate of drug-likeness (QED) is 0.882. The van der Waals surface area contributed by atoms with E-state index in [1.807, 2.05) is 19.1 Å². The summed E-state index contributed by atoms with van der Waals surface area (Å²) in [6.45, 7) is 5.34. The fourth-order valence-electron chi connectivity index (χ4n) is 2.43. The van der Waals surface area contributed by atoms with Crippen LogP contribution in [0.4, 0.5) is 5.82 Å². The molecule has 6 heteroatoms. The van der Waals surface area contributed by atoms with Crippen LogP contribution in [0.3, 0.4) is 0 Å². The first-order chi connectivity index (χ1) is 9.19. The second-order valence-electron chi connectivity index (χ2n) is 5.14. The van der Waals surface area contributed by atoms with Crippen molar-refractivity contribution in [3.8, 4) is 0 Å². The molecule has 2 rings (SSSR count). The number of aromatic nitrogens is 1. The van der Waals surface area contributed by atoms with E-state index in [0.717, 1.165) is 38.0 Å². The van der Waals surface area contributed by atoms with Crippen LogP contribution in [0.15, 0.2) is 18.3 Å². The first-order valence-electron chi connectivity index (χ1n) is 6.85. The normalized spacial score (nSPS) is 19.2. The number of piperidine rings is 1. The molecule has 1 aliphatic heterocycles. The molecule has 0 aliphatic carbocycles. The Morgan fingerprint density at radius 2 is 2.35 bits per heavy atom. The number of pyridine rings is 1. The summed E-state index contributed by atoms with van der Waals surface area (Å²) in [5, 5.41) is 2.89. The lowest BCUT2D eigenvalue weighted by molar-refractivity contribution is -0.121. The van der Waals surface area contributed by atoms with Crippen LogP contribution in [-0.4, -0.2) is 42.0 Å². The Hall–Kier alpha value is -1.17. The van der Waals surface area contributed by atoms with Gasteiger partial charge in [-0.25, -0.2) is 4.98 Å². The molecule has 1 saturated heterocycles. The SMILES string of the molecule is Cc1ccc(NC(=O)C2CCCN(CCN)C2)nc1.Cl. The molecule has 1 atom stereocenters. The molecule has 0 radical (unpaired) electrons. The van der Waals surface area contributed by atoms with Crippen LogP contribution in [0.2, 0.25) is 0 Å². The molecule has 1 unspecified atom stereocenters. The van der Waals surface area contributed by atoms with Gasteiger partial charge in [-0.1, -0.05) is 6.07 Å². The Morgan fingerprint density at radius 1 is 1.55 bits per heavy atom. The summed E-state index contributed by atoms with van der Waals surface area (Å²) in [6.07, 6.45) is 3.76. The second-order valence-corrected chi connectivity index (χ2v) is 5.14. The van der Waals surface area contributed by atoms with Crippen LogP contribution < -0.4 is 11.1 Å². The number of hydrogen-bond acceptors (Lipinski definition) is 4. The highest BCUT2D eigenvalue weighted by atomic mass is 35.5. The number of anilines is 1. The van der Waals surface area contributed by atoms with E-state index in [-0.39, 0.29) is 24.2 Å². The Labute approximate surface area is 126 Å². The van der Waals surface area contributed by atoms with Crippen LogP contribution in [0.5, 0.6) is 0 Å². The van der Waals surface area contributed by atoms with Gasteiger partial charge >= 0.3 is 0 Å². The molecular weight excluding hydrogens is 276 g/mol.